The Morgan fingerprint density at radius 1 is 1.11 bits per heavy atom. The minimum atomic E-state index is 0.0276. The Hall–Kier alpha value is -0.160. The lowest BCUT2D eigenvalue weighted by Crippen LogP contribution is -2.43. The molecule has 1 N–H and O–H groups in total. The van der Waals surface area contributed by atoms with Crippen molar-refractivity contribution in [2.24, 2.45) is 0 Å². The smallest absolute Gasteiger partial charge is 0.157 e. The highest BCUT2D eigenvalue weighted by Crippen LogP contribution is 2.24. The summed E-state index contributed by atoms with van der Waals surface area (Å²) in [6, 6.07) is 0.729. The Balaban J connectivity index is 1.61. The van der Waals surface area contributed by atoms with E-state index in [9.17, 15) is 0 Å². The summed E-state index contributed by atoms with van der Waals surface area (Å²) in [5, 5.41) is 8.94. The maximum absolute atomic E-state index is 8.94. The molecule has 1 aliphatic carbocycles. The van der Waals surface area contributed by atoms with Crippen molar-refractivity contribution < 1.29 is 14.6 Å². The van der Waals surface area contributed by atoms with Crippen LogP contribution in [-0.2, 0) is 9.47 Å². The first-order valence-corrected chi connectivity index (χ1v) is 7.48. The van der Waals surface area contributed by atoms with E-state index in [1.54, 1.807) is 0 Å². The van der Waals surface area contributed by atoms with E-state index in [2.05, 4.69) is 4.90 Å². The molecule has 2 fully saturated rings. The predicted molar refractivity (Wildman–Crippen MR) is 70.5 cm³/mol. The van der Waals surface area contributed by atoms with E-state index in [-0.39, 0.29) is 12.9 Å². The van der Waals surface area contributed by atoms with Gasteiger partial charge in [-0.1, -0.05) is 6.42 Å². The number of nitrogens with zero attached hydrogens (tertiary/aromatic N) is 1. The van der Waals surface area contributed by atoms with Gasteiger partial charge in [-0.05, 0) is 38.5 Å². The van der Waals surface area contributed by atoms with Crippen molar-refractivity contribution >= 4 is 0 Å². The molecule has 1 saturated carbocycles. The van der Waals surface area contributed by atoms with E-state index in [0.717, 1.165) is 45.2 Å². The van der Waals surface area contributed by atoms with Crippen LogP contribution in [0.2, 0.25) is 0 Å². The zero-order valence-corrected chi connectivity index (χ0v) is 11.4. The predicted octanol–water partition coefficient (Wildman–Crippen LogP) is 1.77. The summed E-state index contributed by atoms with van der Waals surface area (Å²) < 4.78 is 11.3. The average molecular weight is 257 g/mol. The third-order valence-electron chi connectivity index (χ3n) is 4.01. The second-order valence-corrected chi connectivity index (χ2v) is 5.36. The van der Waals surface area contributed by atoms with Gasteiger partial charge in [0.15, 0.2) is 6.29 Å². The highest BCUT2D eigenvalue weighted by atomic mass is 16.7. The molecule has 1 saturated heterocycles. The molecule has 1 heterocycles. The molecule has 2 rings (SSSR count). The van der Waals surface area contributed by atoms with Gasteiger partial charge in [-0.2, -0.15) is 0 Å². The van der Waals surface area contributed by atoms with Crippen LogP contribution in [0.15, 0.2) is 0 Å². The van der Waals surface area contributed by atoms with Crippen molar-refractivity contribution in [2.75, 3.05) is 32.9 Å². The third kappa shape index (κ3) is 4.50. The summed E-state index contributed by atoms with van der Waals surface area (Å²) in [6.45, 7) is 3.87. The molecule has 0 spiro atoms. The van der Waals surface area contributed by atoms with E-state index in [1.807, 2.05) is 0 Å². The monoisotopic (exact) mass is 257 g/mol. The highest BCUT2D eigenvalue weighted by molar-refractivity contribution is 4.79. The first-order valence-electron chi connectivity index (χ1n) is 7.48. The van der Waals surface area contributed by atoms with Gasteiger partial charge in [-0.3, -0.25) is 4.90 Å². The second-order valence-electron chi connectivity index (χ2n) is 5.36. The Bertz CT molecular complexity index is 215. The summed E-state index contributed by atoms with van der Waals surface area (Å²) in [7, 11) is 0. The Kier molecular flexibility index (Phi) is 6.41. The molecular weight excluding hydrogens is 230 g/mol. The van der Waals surface area contributed by atoms with Crippen molar-refractivity contribution in [1.82, 2.24) is 4.90 Å². The van der Waals surface area contributed by atoms with Crippen molar-refractivity contribution in [3.8, 4) is 0 Å². The van der Waals surface area contributed by atoms with E-state index in [1.165, 1.54) is 32.1 Å². The minimum Gasteiger partial charge on any atom is -0.396 e. The number of aliphatic hydroxyl groups excluding tert-OH is 1. The molecule has 4 heteroatoms. The van der Waals surface area contributed by atoms with Gasteiger partial charge in [0.2, 0.25) is 0 Å². The molecule has 0 aromatic heterocycles. The first kappa shape index (κ1) is 14.3. The zero-order valence-electron chi connectivity index (χ0n) is 11.4. The molecule has 4 nitrogen and oxygen atoms in total. The topological polar surface area (TPSA) is 41.9 Å². The standard InChI is InChI=1S/C14H27NO3/c16-10-4-8-15(13-5-3-6-13)9-12-18-14-7-1-2-11-17-14/h13-14,16H,1-12H2. The van der Waals surface area contributed by atoms with Gasteiger partial charge in [0.1, 0.15) is 0 Å². The van der Waals surface area contributed by atoms with Crippen LogP contribution in [0.4, 0.5) is 0 Å². The molecule has 1 aliphatic heterocycles. The number of rotatable bonds is 8. The highest BCUT2D eigenvalue weighted by Gasteiger charge is 2.24. The van der Waals surface area contributed by atoms with E-state index in [0.29, 0.717) is 0 Å². The van der Waals surface area contributed by atoms with Crippen LogP contribution in [0.3, 0.4) is 0 Å². The molecule has 0 aromatic carbocycles. The van der Waals surface area contributed by atoms with Crippen molar-refractivity contribution in [1.29, 1.82) is 0 Å². The van der Waals surface area contributed by atoms with Gasteiger partial charge in [0, 0.05) is 32.3 Å². The van der Waals surface area contributed by atoms with Crippen LogP contribution in [-0.4, -0.2) is 55.2 Å². The summed E-state index contributed by atoms with van der Waals surface area (Å²) in [6.07, 6.45) is 8.31. The fourth-order valence-corrected chi connectivity index (χ4v) is 2.65. The molecule has 0 bridgehead atoms. The van der Waals surface area contributed by atoms with Crippen LogP contribution in [0, 0.1) is 0 Å². The SMILES string of the molecule is OCCCN(CCOC1CCCCO1)C1CCC1. The van der Waals surface area contributed by atoms with E-state index in [4.69, 9.17) is 14.6 Å². The fourth-order valence-electron chi connectivity index (χ4n) is 2.65. The molecule has 106 valence electrons. The molecule has 1 atom stereocenters. The van der Waals surface area contributed by atoms with Crippen LogP contribution in [0.5, 0.6) is 0 Å². The number of aliphatic hydroxyl groups is 1. The van der Waals surface area contributed by atoms with E-state index >= 15 is 0 Å². The maximum atomic E-state index is 8.94. The molecule has 0 aromatic rings. The lowest BCUT2D eigenvalue weighted by Gasteiger charge is -2.37. The minimum absolute atomic E-state index is 0.0276. The van der Waals surface area contributed by atoms with Gasteiger partial charge >= 0.3 is 0 Å². The van der Waals surface area contributed by atoms with Crippen molar-refractivity contribution in [2.45, 2.75) is 57.3 Å². The number of hydrogen-bond acceptors (Lipinski definition) is 4. The number of hydrogen-bond donors (Lipinski definition) is 1. The van der Waals surface area contributed by atoms with Gasteiger partial charge in [-0.15, -0.1) is 0 Å². The second kappa shape index (κ2) is 8.10. The molecule has 1 unspecified atom stereocenters. The third-order valence-corrected chi connectivity index (χ3v) is 4.01. The molecule has 18 heavy (non-hydrogen) atoms. The van der Waals surface area contributed by atoms with Crippen molar-refractivity contribution in [3.05, 3.63) is 0 Å². The van der Waals surface area contributed by atoms with Crippen LogP contribution in [0.25, 0.3) is 0 Å². The molecular formula is C14H27NO3. The quantitative estimate of drug-likeness (QED) is 0.719. The van der Waals surface area contributed by atoms with Crippen molar-refractivity contribution in [3.63, 3.8) is 0 Å². The normalized spacial score (nSPS) is 25.3. The van der Waals surface area contributed by atoms with Gasteiger partial charge in [-0.25, -0.2) is 0 Å². The van der Waals surface area contributed by atoms with Crippen LogP contribution < -0.4 is 0 Å². The Morgan fingerprint density at radius 3 is 2.61 bits per heavy atom. The van der Waals surface area contributed by atoms with Crippen LogP contribution in [0.1, 0.15) is 44.9 Å². The lowest BCUT2D eigenvalue weighted by molar-refractivity contribution is -0.165. The van der Waals surface area contributed by atoms with Gasteiger partial charge < -0.3 is 14.6 Å². The summed E-state index contributed by atoms with van der Waals surface area (Å²) >= 11 is 0. The largest absolute Gasteiger partial charge is 0.396 e. The number of ether oxygens (including phenoxy) is 2. The van der Waals surface area contributed by atoms with E-state index < -0.39 is 0 Å². The first-order chi connectivity index (χ1) is 8.90. The lowest BCUT2D eigenvalue weighted by atomic mass is 9.91. The molecule has 0 amide bonds. The summed E-state index contributed by atoms with van der Waals surface area (Å²) in [5.74, 6) is 0. The Morgan fingerprint density at radius 2 is 2.00 bits per heavy atom. The van der Waals surface area contributed by atoms with Crippen LogP contribution >= 0.6 is 0 Å². The Labute approximate surface area is 110 Å². The fraction of sp³-hybridized carbons (Fsp3) is 1.00. The van der Waals surface area contributed by atoms with Gasteiger partial charge in [0.05, 0.1) is 6.61 Å². The van der Waals surface area contributed by atoms with Gasteiger partial charge in [0.25, 0.3) is 0 Å². The zero-order chi connectivity index (χ0) is 12.6. The molecule has 2 aliphatic rings. The average Bonchev–Trinajstić information content (AvgIpc) is 2.35. The molecule has 0 radical (unpaired) electrons. The summed E-state index contributed by atoms with van der Waals surface area (Å²) in [5.41, 5.74) is 0. The maximum Gasteiger partial charge on any atom is 0.157 e. The summed E-state index contributed by atoms with van der Waals surface area (Å²) in [4.78, 5) is 2.47.